The van der Waals surface area contributed by atoms with E-state index in [0.717, 1.165) is 29.6 Å². The van der Waals surface area contributed by atoms with Gasteiger partial charge in [0.1, 0.15) is 0 Å². The van der Waals surface area contributed by atoms with Crippen LogP contribution in [0, 0.1) is 0 Å². The van der Waals surface area contributed by atoms with Crippen LogP contribution >= 0.6 is 0 Å². The van der Waals surface area contributed by atoms with Crippen molar-refractivity contribution in [1.82, 2.24) is 24.5 Å². The van der Waals surface area contributed by atoms with Crippen molar-refractivity contribution < 1.29 is 4.79 Å². The molecule has 2 N–H and O–H groups in total. The number of nitrogens with one attached hydrogen (secondary N) is 2. The minimum absolute atomic E-state index is 0.0754. The van der Waals surface area contributed by atoms with Gasteiger partial charge in [-0.2, -0.15) is 0 Å². The molecule has 1 aliphatic rings. The van der Waals surface area contributed by atoms with Crippen LogP contribution in [0.15, 0.2) is 71.7 Å². The number of H-pyrrole nitrogens is 2. The Morgan fingerprint density at radius 2 is 1.88 bits per heavy atom. The largest absolute Gasteiger partial charge is 0.361 e. The van der Waals surface area contributed by atoms with Crippen LogP contribution < -0.4 is 5.56 Å². The zero-order valence-corrected chi connectivity index (χ0v) is 18.8. The molecule has 7 nitrogen and oxygen atoms in total. The summed E-state index contributed by atoms with van der Waals surface area (Å²) in [6.45, 7) is 0.937. The summed E-state index contributed by atoms with van der Waals surface area (Å²) in [5, 5.41) is 4.40. The van der Waals surface area contributed by atoms with Gasteiger partial charge in [0.15, 0.2) is 5.65 Å². The van der Waals surface area contributed by atoms with E-state index in [4.69, 9.17) is 4.98 Å². The van der Waals surface area contributed by atoms with Gasteiger partial charge in [-0.1, -0.05) is 48.5 Å². The first-order valence-electron chi connectivity index (χ1n) is 11.7. The van der Waals surface area contributed by atoms with Gasteiger partial charge in [0.05, 0.1) is 17.9 Å². The molecule has 0 saturated carbocycles. The fraction of sp³-hybridized carbons (Fsp3) is 0.222. The number of carbonyl (C=O) groups excluding carboxylic acids is 1. The summed E-state index contributed by atoms with van der Waals surface area (Å²) in [6.07, 6.45) is 4.69. The topological polar surface area (TPSA) is 86.3 Å². The minimum atomic E-state index is -0.0754. The second kappa shape index (κ2) is 8.33. The lowest BCUT2D eigenvalue weighted by atomic mass is 10.0. The normalized spacial score (nSPS) is 13.5. The lowest BCUT2D eigenvalue weighted by Gasteiger charge is -2.27. The molecule has 1 amide bonds. The third-order valence-electron chi connectivity index (χ3n) is 6.72. The number of benzene rings is 2. The predicted molar refractivity (Wildman–Crippen MR) is 132 cm³/mol. The lowest BCUT2D eigenvalue weighted by molar-refractivity contribution is -0.132. The summed E-state index contributed by atoms with van der Waals surface area (Å²) in [5.41, 5.74) is 6.12. The van der Waals surface area contributed by atoms with Crippen LogP contribution in [-0.4, -0.2) is 36.9 Å². The van der Waals surface area contributed by atoms with E-state index in [2.05, 4.69) is 22.2 Å². The van der Waals surface area contributed by atoms with Gasteiger partial charge in [-0.15, -0.1) is 0 Å². The first-order valence-corrected chi connectivity index (χ1v) is 11.7. The third kappa shape index (κ3) is 3.59. The van der Waals surface area contributed by atoms with E-state index in [1.165, 1.54) is 15.5 Å². The Morgan fingerprint density at radius 3 is 2.76 bits per heavy atom. The molecule has 0 radical (unpaired) electrons. The number of aromatic amines is 2. The molecular weight excluding hydrogens is 426 g/mol. The molecule has 0 bridgehead atoms. The van der Waals surface area contributed by atoms with Crippen molar-refractivity contribution in [3.8, 4) is 11.3 Å². The number of nitrogens with zero attached hydrogens (tertiary/aromatic N) is 3. The lowest BCUT2D eigenvalue weighted by Crippen LogP contribution is -2.39. The molecule has 0 saturated heterocycles. The number of amides is 1. The Kier molecular flexibility index (Phi) is 5.02. The van der Waals surface area contributed by atoms with Crippen LogP contribution in [0.25, 0.3) is 27.8 Å². The molecule has 3 aromatic heterocycles. The second-order valence-electron chi connectivity index (χ2n) is 8.85. The number of aryl methyl sites for hydroxylation is 1. The Balaban J connectivity index is 1.17. The van der Waals surface area contributed by atoms with Crippen molar-refractivity contribution in [2.75, 3.05) is 6.54 Å². The van der Waals surface area contributed by atoms with E-state index in [1.807, 2.05) is 59.6 Å². The molecule has 0 atom stereocenters. The van der Waals surface area contributed by atoms with Crippen molar-refractivity contribution in [3.05, 3.63) is 94.0 Å². The molecular formula is C27H25N5O2. The maximum Gasteiger partial charge on any atom is 0.276 e. The Morgan fingerprint density at radius 1 is 1.06 bits per heavy atom. The van der Waals surface area contributed by atoms with Gasteiger partial charge in [0, 0.05) is 41.7 Å². The highest BCUT2D eigenvalue weighted by molar-refractivity contribution is 5.83. The highest BCUT2D eigenvalue weighted by Crippen LogP contribution is 2.22. The van der Waals surface area contributed by atoms with E-state index in [1.54, 1.807) is 0 Å². The second-order valence-corrected chi connectivity index (χ2v) is 8.85. The number of aromatic nitrogens is 4. The summed E-state index contributed by atoms with van der Waals surface area (Å²) in [7, 11) is 0. The molecule has 0 spiro atoms. The molecule has 0 aliphatic carbocycles. The zero-order valence-electron chi connectivity index (χ0n) is 18.8. The predicted octanol–water partition coefficient (Wildman–Crippen LogP) is 4.08. The smallest absolute Gasteiger partial charge is 0.276 e. The van der Waals surface area contributed by atoms with Crippen molar-refractivity contribution in [2.45, 2.75) is 32.2 Å². The van der Waals surface area contributed by atoms with Gasteiger partial charge >= 0.3 is 0 Å². The monoisotopic (exact) mass is 451 g/mol. The van der Waals surface area contributed by atoms with Gasteiger partial charge in [0.25, 0.3) is 5.56 Å². The summed E-state index contributed by atoms with van der Waals surface area (Å²) in [6, 6.07) is 20.0. The van der Waals surface area contributed by atoms with Crippen LogP contribution in [-0.2, 0) is 24.2 Å². The average Bonchev–Trinajstić information content (AvgIpc) is 3.49. The van der Waals surface area contributed by atoms with Gasteiger partial charge in [-0.05, 0) is 36.5 Å². The molecule has 7 heteroatoms. The number of carbonyl (C=O) groups is 1. The minimum Gasteiger partial charge on any atom is -0.361 e. The van der Waals surface area contributed by atoms with Gasteiger partial charge in [-0.3, -0.25) is 14.7 Å². The Bertz CT molecular complexity index is 1560. The van der Waals surface area contributed by atoms with Crippen LogP contribution in [0.3, 0.4) is 0 Å². The number of rotatable bonds is 5. The fourth-order valence-electron chi connectivity index (χ4n) is 4.90. The van der Waals surface area contributed by atoms with E-state index >= 15 is 0 Å². The highest BCUT2D eigenvalue weighted by Gasteiger charge is 2.25. The summed E-state index contributed by atoms with van der Waals surface area (Å²) >= 11 is 0. The van der Waals surface area contributed by atoms with Crippen molar-refractivity contribution >= 4 is 22.5 Å². The quantitative estimate of drug-likeness (QED) is 0.422. The van der Waals surface area contributed by atoms with E-state index in [-0.39, 0.29) is 11.5 Å². The number of hydrogen-bond donors (Lipinski definition) is 2. The SMILES string of the molecule is O=C(CCCc1c[nH]c2ccccc12)N1CCc2c(nc3cc(-c4ccccc4)[nH]n3c2=O)C1. The van der Waals surface area contributed by atoms with Crippen LogP contribution in [0.2, 0.25) is 0 Å². The molecule has 6 rings (SSSR count). The van der Waals surface area contributed by atoms with E-state index < -0.39 is 0 Å². The van der Waals surface area contributed by atoms with Crippen LogP contribution in [0.5, 0.6) is 0 Å². The maximum atomic E-state index is 13.1. The van der Waals surface area contributed by atoms with E-state index in [0.29, 0.717) is 42.8 Å². The molecule has 2 aromatic carbocycles. The molecule has 34 heavy (non-hydrogen) atoms. The Labute approximate surface area is 196 Å². The van der Waals surface area contributed by atoms with Gasteiger partial charge in [-0.25, -0.2) is 9.50 Å². The first-order chi connectivity index (χ1) is 16.7. The maximum absolute atomic E-state index is 13.1. The van der Waals surface area contributed by atoms with Crippen molar-refractivity contribution in [3.63, 3.8) is 0 Å². The van der Waals surface area contributed by atoms with E-state index in [9.17, 15) is 9.59 Å². The molecule has 1 aliphatic heterocycles. The molecule has 4 heterocycles. The number of hydrogen-bond acceptors (Lipinski definition) is 3. The zero-order chi connectivity index (χ0) is 23.1. The molecule has 0 unspecified atom stereocenters. The number of fused-ring (bicyclic) bond motifs is 3. The fourth-order valence-corrected chi connectivity index (χ4v) is 4.90. The summed E-state index contributed by atoms with van der Waals surface area (Å²) < 4.78 is 1.51. The highest BCUT2D eigenvalue weighted by atomic mass is 16.2. The standard InChI is InChI=1S/C27H25N5O2/c33-26(12-6-9-19-16-28-22-11-5-4-10-20(19)22)31-14-13-21-24(17-31)29-25-15-23(30-32(25)27(21)34)18-7-2-1-3-8-18/h1-5,7-8,10-11,15-16,28,30H,6,9,12-14,17H2. The average molecular weight is 452 g/mol. The van der Waals surface area contributed by atoms with Crippen LogP contribution in [0.4, 0.5) is 0 Å². The van der Waals surface area contributed by atoms with Crippen molar-refractivity contribution in [2.24, 2.45) is 0 Å². The Hall–Kier alpha value is -4.13. The van der Waals surface area contributed by atoms with Gasteiger partial charge < -0.3 is 9.88 Å². The van der Waals surface area contributed by atoms with Gasteiger partial charge in [0.2, 0.25) is 5.91 Å². The summed E-state index contributed by atoms with van der Waals surface area (Å²) in [5.74, 6) is 0.117. The van der Waals surface area contributed by atoms with Crippen LogP contribution in [0.1, 0.15) is 29.7 Å². The summed E-state index contributed by atoms with van der Waals surface area (Å²) in [4.78, 5) is 35.9. The first kappa shape index (κ1) is 20.5. The molecule has 0 fully saturated rings. The van der Waals surface area contributed by atoms with Crippen molar-refractivity contribution in [1.29, 1.82) is 0 Å². The third-order valence-corrected chi connectivity index (χ3v) is 6.72. The molecule has 170 valence electrons. The number of para-hydroxylation sites is 1. The molecule has 5 aromatic rings.